The Labute approximate surface area is 68.7 Å². The van der Waals surface area contributed by atoms with Crippen molar-refractivity contribution in [2.24, 2.45) is 0 Å². The largest absolute Gasteiger partial charge is 0.133 e. The van der Waals surface area contributed by atoms with Gasteiger partial charge in [-0.3, -0.25) is 0 Å². The predicted octanol–water partition coefficient (Wildman–Crippen LogP) is 3.07. The van der Waals surface area contributed by atoms with Gasteiger partial charge >= 0.3 is 0 Å². The van der Waals surface area contributed by atoms with Crippen molar-refractivity contribution in [2.75, 3.05) is 0 Å². The van der Waals surface area contributed by atoms with Gasteiger partial charge < -0.3 is 0 Å². The van der Waals surface area contributed by atoms with Crippen molar-refractivity contribution in [3.8, 4) is 0 Å². The van der Waals surface area contributed by atoms with Crippen molar-refractivity contribution in [3.63, 3.8) is 0 Å². The molecule has 1 heterocycles. The lowest BCUT2D eigenvalue weighted by Crippen LogP contribution is -1.63. The number of halogens is 1. The van der Waals surface area contributed by atoms with Crippen LogP contribution in [0.3, 0.4) is 0 Å². The molecule has 0 amide bonds. The third-order valence-corrected chi connectivity index (χ3v) is 2.24. The van der Waals surface area contributed by atoms with Crippen molar-refractivity contribution in [1.29, 1.82) is 0 Å². The zero-order valence-corrected chi connectivity index (χ0v) is 6.34. The summed E-state index contributed by atoms with van der Waals surface area (Å²) in [5, 5.41) is 0. The molecule has 8 heavy (non-hydrogen) atoms. The van der Waals surface area contributed by atoms with Crippen LogP contribution in [0, 0.1) is 0 Å². The Morgan fingerprint density at radius 3 is 3.38 bits per heavy atom. The molecular weight excluding hydrogens is 184 g/mol. The fraction of sp³-hybridized carbons (Fsp3) is 0.333. The van der Waals surface area contributed by atoms with Crippen LogP contribution in [0.5, 0.6) is 0 Å². The fourth-order valence-corrected chi connectivity index (χ4v) is 1.57. The smallest absolute Gasteiger partial charge is 0.0701 e. The van der Waals surface area contributed by atoms with Gasteiger partial charge in [-0.15, -0.1) is 11.3 Å². The van der Waals surface area contributed by atoms with Crippen LogP contribution in [0.4, 0.5) is 0 Å². The fourth-order valence-electron chi connectivity index (χ4n) is 0.381. The maximum absolute atomic E-state index is 7.43. The molecule has 0 aliphatic rings. The summed E-state index contributed by atoms with van der Waals surface area (Å²) in [4.78, 5) is 0.222. The minimum Gasteiger partial charge on any atom is -0.133 e. The van der Waals surface area contributed by atoms with E-state index in [9.17, 15) is 0 Å². The van der Waals surface area contributed by atoms with Gasteiger partial charge in [0, 0.05) is 11.7 Å². The number of aryl methyl sites for hydroxylation is 1. The first kappa shape index (κ1) is 2.43. The van der Waals surface area contributed by atoms with Crippen LogP contribution in [-0.4, -0.2) is 0 Å². The van der Waals surface area contributed by atoms with E-state index in [2.05, 4.69) is 15.9 Å². The first-order chi connectivity index (χ1) is 5.75. The summed E-state index contributed by atoms with van der Waals surface area (Å²) in [5.74, 6) is 0. The highest BCUT2D eigenvalue weighted by Crippen LogP contribution is 2.21. The number of rotatable bonds is 1. The summed E-state index contributed by atoms with van der Waals surface area (Å²) in [6.07, 6.45) is -2.26. The molecule has 0 nitrogen and oxygen atoms in total. The average Bonchev–Trinajstić information content (AvgIpc) is 2.33. The van der Waals surface area contributed by atoms with Crippen LogP contribution >= 0.6 is 27.3 Å². The molecule has 0 aliphatic heterocycles. The van der Waals surface area contributed by atoms with E-state index < -0.39 is 13.2 Å². The maximum atomic E-state index is 7.43. The van der Waals surface area contributed by atoms with Crippen LogP contribution in [0.1, 0.15) is 18.6 Å². The normalized spacial score (nSPS) is 22.4. The van der Waals surface area contributed by atoms with Crippen molar-refractivity contribution < 1.29 is 6.85 Å². The number of thiophene rings is 1. The molecule has 0 atom stereocenters. The highest BCUT2D eigenvalue weighted by Gasteiger charge is 1.91. The SMILES string of the molecule is [2H]C([2H])([2H])C([2H])([2H])c1ccc(Br)s1. The molecule has 0 fully saturated rings. The van der Waals surface area contributed by atoms with E-state index in [0.29, 0.717) is 0 Å². The second kappa shape index (κ2) is 2.65. The summed E-state index contributed by atoms with van der Waals surface area (Å²) in [5.41, 5.74) is 0. The molecule has 0 aliphatic carbocycles. The third-order valence-electron chi connectivity index (χ3n) is 0.696. The van der Waals surface area contributed by atoms with Gasteiger partial charge in [-0.05, 0) is 34.4 Å². The van der Waals surface area contributed by atoms with Crippen molar-refractivity contribution in [2.45, 2.75) is 13.2 Å². The van der Waals surface area contributed by atoms with E-state index in [1.807, 2.05) is 0 Å². The lowest BCUT2D eigenvalue weighted by atomic mass is 10.4. The van der Waals surface area contributed by atoms with Gasteiger partial charge in [0.25, 0.3) is 0 Å². The highest BCUT2D eigenvalue weighted by molar-refractivity contribution is 9.11. The van der Waals surface area contributed by atoms with Crippen LogP contribution in [0.15, 0.2) is 15.9 Å². The third kappa shape index (κ3) is 1.33. The van der Waals surface area contributed by atoms with E-state index in [0.717, 1.165) is 15.1 Å². The minimum absolute atomic E-state index is 0.222. The van der Waals surface area contributed by atoms with Crippen LogP contribution < -0.4 is 0 Å². The highest BCUT2D eigenvalue weighted by atomic mass is 79.9. The molecule has 0 radical (unpaired) electrons. The molecule has 1 aromatic rings. The molecule has 0 saturated carbocycles. The quantitative estimate of drug-likeness (QED) is 0.647. The van der Waals surface area contributed by atoms with Gasteiger partial charge in [-0.2, -0.15) is 0 Å². The van der Waals surface area contributed by atoms with Crippen molar-refractivity contribution in [1.82, 2.24) is 0 Å². The van der Waals surface area contributed by atoms with E-state index in [1.165, 1.54) is 6.07 Å². The van der Waals surface area contributed by atoms with Crippen molar-refractivity contribution in [3.05, 3.63) is 20.8 Å². The Hall–Kier alpha value is 0.180. The molecule has 0 spiro atoms. The minimum atomic E-state index is -2.61. The molecule has 0 N–H and O–H groups in total. The summed E-state index contributed by atoms with van der Waals surface area (Å²) in [6, 6.07) is 3.13. The van der Waals surface area contributed by atoms with Crippen LogP contribution in [0.2, 0.25) is 0 Å². The summed E-state index contributed by atoms with van der Waals surface area (Å²) in [7, 11) is 0. The Morgan fingerprint density at radius 1 is 2.00 bits per heavy atom. The standard InChI is InChI=1S/C6H7BrS/c1-2-5-3-4-6(7)8-5/h3-4H,2H2,1H3/i1D3,2D2. The Morgan fingerprint density at radius 2 is 2.88 bits per heavy atom. The average molecular weight is 196 g/mol. The van der Waals surface area contributed by atoms with E-state index >= 15 is 0 Å². The van der Waals surface area contributed by atoms with Gasteiger partial charge in [0.05, 0.1) is 3.79 Å². The summed E-state index contributed by atoms with van der Waals surface area (Å²) in [6.45, 7) is -2.61. The van der Waals surface area contributed by atoms with Crippen LogP contribution in [-0.2, 0) is 6.37 Å². The second-order valence-electron chi connectivity index (χ2n) is 1.23. The molecule has 44 valence electrons. The zero-order chi connectivity index (χ0) is 10.3. The monoisotopic (exact) mass is 195 g/mol. The Kier molecular flexibility index (Phi) is 0.803. The molecule has 2 heteroatoms. The van der Waals surface area contributed by atoms with E-state index in [1.54, 1.807) is 6.07 Å². The van der Waals surface area contributed by atoms with Crippen LogP contribution in [0.25, 0.3) is 0 Å². The predicted molar refractivity (Wildman–Crippen MR) is 41.4 cm³/mol. The number of hydrogen-bond donors (Lipinski definition) is 0. The molecule has 0 unspecified atom stereocenters. The van der Waals surface area contributed by atoms with Gasteiger partial charge in [-0.25, -0.2) is 0 Å². The molecule has 1 rings (SSSR count). The van der Waals surface area contributed by atoms with Crippen molar-refractivity contribution >= 4 is 27.3 Å². The lowest BCUT2D eigenvalue weighted by Gasteiger charge is -1.79. The molecule has 0 bridgehead atoms. The van der Waals surface area contributed by atoms with Gasteiger partial charge in [0.15, 0.2) is 0 Å². The first-order valence-electron chi connectivity index (χ1n) is 4.51. The van der Waals surface area contributed by atoms with E-state index in [-0.39, 0.29) is 4.88 Å². The maximum Gasteiger partial charge on any atom is 0.0701 e. The van der Waals surface area contributed by atoms with Gasteiger partial charge in [0.2, 0.25) is 0 Å². The Balaban J connectivity index is 3.07. The van der Waals surface area contributed by atoms with Gasteiger partial charge in [0.1, 0.15) is 0 Å². The second-order valence-corrected chi connectivity index (χ2v) is 3.69. The Bertz CT molecular complexity index is 302. The molecule has 0 saturated heterocycles. The molecular formula is C6H7BrS. The number of hydrogen-bond acceptors (Lipinski definition) is 1. The zero-order valence-electron chi connectivity index (χ0n) is 8.94. The van der Waals surface area contributed by atoms with E-state index in [4.69, 9.17) is 6.85 Å². The lowest BCUT2D eigenvalue weighted by molar-refractivity contribution is 1.19. The topological polar surface area (TPSA) is 0 Å². The summed E-state index contributed by atoms with van der Waals surface area (Å²) >= 11 is 4.26. The molecule has 1 aromatic heterocycles. The first-order valence-corrected chi connectivity index (χ1v) is 3.62. The summed E-state index contributed by atoms with van der Waals surface area (Å²) < 4.78 is 36.7. The molecule has 0 aromatic carbocycles. The van der Waals surface area contributed by atoms with Gasteiger partial charge in [-0.1, -0.05) is 6.85 Å².